The number of hydrogen-bond donors (Lipinski definition) is 0. The van der Waals surface area contributed by atoms with Gasteiger partial charge in [0.05, 0.1) is 11.7 Å². The highest BCUT2D eigenvalue weighted by molar-refractivity contribution is 5.07. The van der Waals surface area contributed by atoms with Crippen LogP contribution < -0.4 is 0 Å². The molecule has 1 atom stereocenters. The highest BCUT2D eigenvalue weighted by Gasteiger charge is 2.25. The predicted molar refractivity (Wildman–Crippen MR) is 53.8 cm³/mol. The Morgan fingerprint density at radius 1 is 1.38 bits per heavy atom. The Morgan fingerprint density at radius 3 is 2.62 bits per heavy atom. The molecule has 0 aromatic carbocycles. The van der Waals surface area contributed by atoms with Crippen LogP contribution in [0.1, 0.15) is 51.3 Å². The Hall–Kier alpha value is -0.790. The van der Waals surface area contributed by atoms with E-state index in [4.69, 9.17) is 0 Å². The van der Waals surface area contributed by atoms with Crippen LogP contribution >= 0.6 is 0 Å². The summed E-state index contributed by atoms with van der Waals surface area (Å²) >= 11 is 0. The minimum atomic E-state index is 0.583. The summed E-state index contributed by atoms with van der Waals surface area (Å²) in [5.41, 5.74) is 1.25. The van der Waals surface area contributed by atoms with E-state index >= 15 is 0 Å². The van der Waals surface area contributed by atoms with Crippen LogP contribution in [0.15, 0.2) is 12.3 Å². The normalized spacial score (nSPS) is 19.4. The summed E-state index contributed by atoms with van der Waals surface area (Å²) < 4.78 is 2.13. The number of aromatic nitrogens is 2. The highest BCUT2D eigenvalue weighted by atomic mass is 15.3. The maximum atomic E-state index is 4.61. The van der Waals surface area contributed by atoms with Crippen molar-refractivity contribution in [2.45, 2.75) is 45.6 Å². The summed E-state index contributed by atoms with van der Waals surface area (Å²) in [4.78, 5) is 0. The lowest BCUT2D eigenvalue weighted by Crippen LogP contribution is -2.04. The van der Waals surface area contributed by atoms with E-state index in [1.807, 2.05) is 0 Å². The molecule has 0 aliphatic heterocycles. The fourth-order valence-electron chi connectivity index (χ4n) is 1.48. The van der Waals surface area contributed by atoms with E-state index in [0.29, 0.717) is 17.9 Å². The Labute approximate surface area is 80.0 Å². The van der Waals surface area contributed by atoms with Crippen molar-refractivity contribution < 1.29 is 0 Å². The van der Waals surface area contributed by atoms with Gasteiger partial charge in [-0.3, -0.25) is 4.68 Å². The summed E-state index contributed by atoms with van der Waals surface area (Å²) in [6.07, 6.45) is 4.76. The van der Waals surface area contributed by atoms with Crippen LogP contribution in [0.4, 0.5) is 0 Å². The Balaban J connectivity index is 2.11. The minimum absolute atomic E-state index is 0.583. The monoisotopic (exact) mass is 178 g/mol. The summed E-state index contributed by atoms with van der Waals surface area (Å²) in [7, 11) is 0. The largest absolute Gasteiger partial charge is 0.269 e. The predicted octanol–water partition coefficient (Wildman–Crippen LogP) is 2.98. The molecule has 0 amide bonds. The summed E-state index contributed by atoms with van der Waals surface area (Å²) in [5, 5.41) is 4.61. The molecule has 2 heteroatoms. The third kappa shape index (κ3) is 1.77. The minimum Gasteiger partial charge on any atom is -0.269 e. The zero-order valence-electron chi connectivity index (χ0n) is 8.70. The number of hydrogen-bond acceptors (Lipinski definition) is 1. The molecule has 1 fully saturated rings. The summed E-state index contributed by atoms with van der Waals surface area (Å²) in [5.74, 6) is 1.27. The van der Waals surface area contributed by atoms with Gasteiger partial charge < -0.3 is 0 Å². The molecule has 72 valence electrons. The third-order valence-corrected chi connectivity index (χ3v) is 3.02. The molecular formula is C11H18N2. The van der Waals surface area contributed by atoms with Crippen LogP contribution in [-0.2, 0) is 0 Å². The highest BCUT2D eigenvalue weighted by Crippen LogP contribution is 2.34. The maximum Gasteiger partial charge on any atom is 0.0655 e. The Bertz CT molecular complexity index is 284. The lowest BCUT2D eigenvalue weighted by molar-refractivity contribution is 0.509. The van der Waals surface area contributed by atoms with Crippen molar-refractivity contribution in [3.05, 3.63) is 18.0 Å². The van der Waals surface area contributed by atoms with Gasteiger partial charge in [-0.2, -0.15) is 5.10 Å². The van der Waals surface area contributed by atoms with Crippen molar-refractivity contribution in [2.24, 2.45) is 5.92 Å². The Morgan fingerprint density at radius 2 is 2.08 bits per heavy atom. The van der Waals surface area contributed by atoms with E-state index in [9.17, 15) is 0 Å². The molecule has 1 saturated carbocycles. The number of nitrogens with zero attached hydrogens (tertiary/aromatic N) is 2. The van der Waals surface area contributed by atoms with Crippen LogP contribution in [0.25, 0.3) is 0 Å². The van der Waals surface area contributed by atoms with Crippen LogP contribution in [-0.4, -0.2) is 9.78 Å². The van der Waals surface area contributed by atoms with Gasteiger partial charge in [-0.15, -0.1) is 0 Å². The van der Waals surface area contributed by atoms with Crippen molar-refractivity contribution in [1.82, 2.24) is 9.78 Å². The molecule has 1 aliphatic carbocycles. The zero-order chi connectivity index (χ0) is 9.42. The fourth-order valence-corrected chi connectivity index (χ4v) is 1.48. The molecule has 1 aliphatic rings. The standard InChI is InChI=1S/C11H18N2/c1-8(2)9(3)11-6-7-13(12-11)10-4-5-10/h6-10H,4-5H2,1-3H3. The second kappa shape index (κ2) is 3.17. The second-order valence-electron chi connectivity index (χ2n) is 4.48. The molecule has 0 bridgehead atoms. The van der Waals surface area contributed by atoms with Gasteiger partial charge >= 0.3 is 0 Å². The first-order valence-corrected chi connectivity index (χ1v) is 5.23. The van der Waals surface area contributed by atoms with Crippen LogP contribution in [0.2, 0.25) is 0 Å². The summed E-state index contributed by atoms with van der Waals surface area (Å²) in [6, 6.07) is 2.89. The van der Waals surface area contributed by atoms with Gasteiger partial charge in [0, 0.05) is 12.1 Å². The molecule has 2 nitrogen and oxygen atoms in total. The SMILES string of the molecule is CC(C)C(C)c1ccn(C2CC2)n1. The van der Waals surface area contributed by atoms with Crippen molar-refractivity contribution in [2.75, 3.05) is 0 Å². The molecule has 13 heavy (non-hydrogen) atoms. The van der Waals surface area contributed by atoms with Crippen LogP contribution in [0.3, 0.4) is 0 Å². The topological polar surface area (TPSA) is 17.8 Å². The average molecular weight is 178 g/mol. The Kier molecular flexibility index (Phi) is 2.14. The molecule has 0 radical (unpaired) electrons. The molecule has 1 aromatic rings. The van der Waals surface area contributed by atoms with Gasteiger partial charge in [-0.25, -0.2) is 0 Å². The van der Waals surface area contributed by atoms with Gasteiger partial charge in [0.1, 0.15) is 0 Å². The second-order valence-corrected chi connectivity index (χ2v) is 4.48. The molecule has 1 unspecified atom stereocenters. The zero-order valence-corrected chi connectivity index (χ0v) is 8.70. The fraction of sp³-hybridized carbons (Fsp3) is 0.727. The quantitative estimate of drug-likeness (QED) is 0.695. The lowest BCUT2D eigenvalue weighted by atomic mass is 9.95. The van der Waals surface area contributed by atoms with Gasteiger partial charge in [0.2, 0.25) is 0 Å². The van der Waals surface area contributed by atoms with E-state index in [-0.39, 0.29) is 0 Å². The molecule has 2 rings (SSSR count). The first-order chi connectivity index (χ1) is 6.18. The van der Waals surface area contributed by atoms with Gasteiger partial charge in [-0.05, 0) is 24.8 Å². The van der Waals surface area contributed by atoms with Crippen molar-refractivity contribution in [3.63, 3.8) is 0 Å². The first kappa shape index (κ1) is 8.79. The lowest BCUT2D eigenvalue weighted by Gasteiger charge is -2.11. The molecule has 0 N–H and O–H groups in total. The van der Waals surface area contributed by atoms with Crippen LogP contribution in [0, 0.1) is 5.92 Å². The smallest absolute Gasteiger partial charge is 0.0655 e. The molecule has 1 heterocycles. The average Bonchev–Trinajstić information content (AvgIpc) is 2.83. The van der Waals surface area contributed by atoms with E-state index in [1.165, 1.54) is 18.5 Å². The molecule has 1 aromatic heterocycles. The molecular weight excluding hydrogens is 160 g/mol. The van der Waals surface area contributed by atoms with Crippen molar-refractivity contribution in [3.8, 4) is 0 Å². The van der Waals surface area contributed by atoms with Crippen molar-refractivity contribution >= 4 is 0 Å². The van der Waals surface area contributed by atoms with Gasteiger partial charge in [0.15, 0.2) is 0 Å². The van der Waals surface area contributed by atoms with E-state index in [0.717, 1.165) is 0 Å². The summed E-state index contributed by atoms with van der Waals surface area (Å²) in [6.45, 7) is 6.76. The van der Waals surface area contributed by atoms with Crippen LogP contribution in [0.5, 0.6) is 0 Å². The molecule has 0 spiro atoms. The van der Waals surface area contributed by atoms with E-state index in [2.05, 4.69) is 42.8 Å². The van der Waals surface area contributed by atoms with Gasteiger partial charge in [-0.1, -0.05) is 20.8 Å². The first-order valence-electron chi connectivity index (χ1n) is 5.23. The van der Waals surface area contributed by atoms with Gasteiger partial charge in [0.25, 0.3) is 0 Å². The van der Waals surface area contributed by atoms with E-state index in [1.54, 1.807) is 0 Å². The molecule has 0 saturated heterocycles. The maximum absolute atomic E-state index is 4.61. The van der Waals surface area contributed by atoms with E-state index < -0.39 is 0 Å². The third-order valence-electron chi connectivity index (χ3n) is 3.02. The van der Waals surface area contributed by atoms with Crippen molar-refractivity contribution in [1.29, 1.82) is 0 Å². The number of rotatable bonds is 3.